The zero-order valence-corrected chi connectivity index (χ0v) is 15.9. The third-order valence-corrected chi connectivity index (χ3v) is 6.21. The van der Waals surface area contributed by atoms with Crippen molar-refractivity contribution in [1.82, 2.24) is 10.2 Å². The van der Waals surface area contributed by atoms with Gasteiger partial charge in [0.25, 0.3) is 5.91 Å². The molecule has 6 nitrogen and oxygen atoms in total. The van der Waals surface area contributed by atoms with Crippen LogP contribution in [0.4, 0.5) is 0 Å². The fraction of sp³-hybridized carbons (Fsp3) is 0.300. The first-order chi connectivity index (χ1) is 13.2. The zero-order chi connectivity index (χ0) is 19.0. The summed E-state index contributed by atoms with van der Waals surface area (Å²) >= 11 is 1.60. The largest absolute Gasteiger partial charge is 0.493 e. The molecule has 4 rings (SSSR count). The lowest BCUT2D eigenvalue weighted by molar-refractivity contribution is -0.124. The van der Waals surface area contributed by atoms with E-state index in [2.05, 4.69) is 5.32 Å². The number of hydrogen-bond donors (Lipinski definition) is 1. The lowest BCUT2D eigenvalue weighted by Crippen LogP contribution is -2.45. The van der Waals surface area contributed by atoms with E-state index < -0.39 is 6.04 Å². The highest BCUT2D eigenvalue weighted by Gasteiger charge is 2.50. The van der Waals surface area contributed by atoms with Crippen LogP contribution in [0.1, 0.15) is 26.9 Å². The summed E-state index contributed by atoms with van der Waals surface area (Å²) in [5.74, 6) is 1.20. The molecule has 27 heavy (non-hydrogen) atoms. The second-order valence-corrected chi connectivity index (χ2v) is 7.50. The van der Waals surface area contributed by atoms with Gasteiger partial charge in [-0.3, -0.25) is 9.59 Å². The van der Waals surface area contributed by atoms with Crippen molar-refractivity contribution in [2.75, 3.05) is 20.0 Å². The van der Waals surface area contributed by atoms with E-state index in [0.29, 0.717) is 29.4 Å². The molecule has 1 saturated heterocycles. The van der Waals surface area contributed by atoms with Gasteiger partial charge in [0.1, 0.15) is 11.4 Å². The minimum atomic E-state index is -0.501. The number of ether oxygens (including phenoxy) is 2. The van der Waals surface area contributed by atoms with Gasteiger partial charge in [0.05, 0.1) is 19.8 Å². The maximum Gasteiger partial charge on any atom is 0.260 e. The zero-order valence-electron chi connectivity index (χ0n) is 15.1. The van der Waals surface area contributed by atoms with Gasteiger partial charge in [0.2, 0.25) is 5.91 Å². The molecule has 0 unspecified atom stereocenters. The molecule has 1 fully saturated rings. The van der Waals surface area contributed by atoms with Crippen molar-refractivity contribution < 1.29 is 19.1 Å². The SMILES string of the molecule is COc1ccc2c(c1OC)C(=O)N1[C@@H]2SC[C@H]1C(=O)NCc1ccccc1. The Hall–Kier alpha value is -2.67. The Morgan fingerprint density at radius 1 is 1.19 bits per heavy atom. The summed E-state index contributed by atoms with van der Waals surface area (Å²) in [6.45, 7) is 0.442. The molecule has 2 aromatic rings. The van der Waals surface area contributed by atoms with E-state index >= 15 is 0 Å². The third-order valence-electron chi connectivity index (χ3n) is 4.90. The van der Waals surface area contributed by atoms with Crippen molar-refractivity contribution >= 4 is 23.6 Å². The summed E-state index contributed by atoms with van der Waals surface area (Å²) in [5.41, 5.74) is 2.39. The van der Waals surface area contributed by atoms with Crippen LogP contribution in [0.5, 0.6) is 11.5 Å². The van der Waals surface area contributed by atoms with Crippen molar-refractivity contribution in [1.29, 1.82) is 0 Å². The molecule has 2 amide bonds. The van der Waals surface area contributed by atoms with E-state index in [1.807, 2.05) is 36.4 Å². The Kier molecular flexibility index (Phi) is 4.70. The van der Waals surface area contributed by atoms with E-state index in [1.54, 1.807) is 29.8 Å². The molecule has 140 valence electrons. The van der Waals surface area contributed by atoms with Crippen LogP contribution in [0.2, 0.25) is 0 Å². The average Bonchev–Trinajstić information content (AvgIpc) is 3.26. The highest BCUT2D eigenvalue weighted by molar-refractivity contribution is 7.99. The fourth-order valence-corrected chi connectivity index (χ4v) is 5.05. The number of nitrogens with zero attached hydrogens (tertiary/aromatic N) is 1. The topological polar surface area (TPSA) is 67.9 Å². The summed E-state index contributed by atoms with van der Waals surface area (Å²) in [6, 6.07) is 12.9. The van der Waals surface area contributed by atoms with Crippen LogP contribution < -0.4 is 14.8 Å². The molecule has 7 heteroatoms. The van der Waals surface area contributed by atoms with Crippen LogP contribution >= 0.6 is 11.8 Å². The van der Waals surface area contributed by atoms with Gasteiger partial charge in [-0.05, 0) is 11.6 Å². The maximum absolute atomic E-state index is 13.1. The first-order valence-corrected chi connectivity index (χ1v) is 9.71. The van der Waals surface area contributed by atoms with Crippen molar-refractivity contribution in [3.63, 3.8) is 0 Å². The predicted molar refractivity (Wildman–Crippen MR) is 103 cm³/mol. The summed E-state index contributed by atoms with van der Waals surface area (Å²) in [7, 11) is 3.06. The Labute approximate surface area is 161 Å². The fourth-order valence-electron chi connectivity index (χ4n) is 3.60. The van der Waals surface area contributed by atoms with Gasteiger partial charge in [0, 0.05) is 17.9 Å². The number of benzene rings is 2. The Bertz CT molecular complexity index is 887. The first kappa shape index (κ1) is 17.7. The molecule has 2 aromatic carbocycles. The Balaban J connectivity index is 1.56. The van der Waals surface area contributed by atoms with Gasteiger partial charge < -0.3 is 19.7 Å². The summed E-state index contributed by atoms with van der Waals surface area (Å²) in [6.07, 6.45) is 0. The maximum atomic E-state index is 13.1. The Morgan fingerprint density at radius 3 is 2.67 bits per heavy atom. The molecule has 0 aromatic heterocycles. The normalized spacial score (nSPS) is 20.2. The van der Waals surface area contributed by atoms with Crippen LogP contribution in [-0.2, 0) is 11.3 Å². The van der Waals surface area contributed by atoms with Crippen molar-refractivity contribution in [2.24, 2.45) is 0 Å². The molecule has 2 aliphatic heterocycles. The molecule has 0 saturated carbocycles. The number of rotatable bonds is 5. The van der Waals surface area contributed by atoms with Crippen molar-refractivity contribution in [3.8, 4) is 11.5 Å². The highest BCUT2D eigenvalue weighted by Crippen LogP contribution is 2.52. The number of methoxy groups -OCH3 is 2. The molecular weight excluding hydrogens is 364 g/mol. The highest BCUT2D eigenvalue weighted by atomic mass is 32.2. The number of thioether (sulfide) groups is 1. The van der Waals surface area contributed by atoms with Crippen LogP contribution in [0.3, 0.4) is 0 Å². The van der Waals surface area contributed by atoms with Gasteiger partial charge in [-0.25, -0.2) is 0 Å². The van der Waals surface area contributed by atoms with Crippen LogP contribution in [-0.4, -0.2) is 42.7 Å². The molecule has 0 aliphatic carbocycles. The lowest BCUT2D eigenvalue weighted by atomic mass is 10.1. The Morgan fingerprint density at radius 2 is 1.96 bits per heavy atom. The lowest BCUT2D eigenvalue weighted by Gasteiger charge is -2.22. The smallest absolute Gasteiger partial charge is 0.260 e. The van der Waals surface area contributed by atoms with E-state index in [-0.39, 0.29) is 17.2 Å². The molecular formula is C20H20N2O4S. The van der Waals surface area contributed by atoms with Gasteiger partial charge in [0.15, 0.2) is 11.5 Å². The molecule has 1 N–H and O–H groups in total. The number of fused-ring (bicyclic) bond motifs is 3. The van der Waals surface area contributed by atoms with Crippen LogP contribution in [0.25, 0.3) is 0 Å². The number of amides is 2. The third kappa shape index (κ3) is 2.92. The average molecular weight is 384 g/mol. The second kappa shape index (κ2) is 7.15. The van der Waals surface area contributed by atoms with Gasteiger partial charge in [-0.2, -0.15) is 0 Å². The monoisotopic (exact) mass is 384 g/mol. The quantitative estimate of drug-likeness (QED) is 0.858. The van der Waals surface area contributed by atoms with E-state index in [4.69, 9.17) is 9.47 Å². The number of nitrogens with one attached hydrogen (secondary N) is 1. The molecule has 0 bridgehead atoms. The van der Waals surface area contributed by atoms with E-state index in [0.717, 1.165) is 11.1 Å². The predicted octanol–water partition coefficient (Wildman–Crippen LogP) is 2.59. The van der Waals surface area contributed by atoms with E-state index in [1.165, 1.54) is 7.11 Å². The van der Waals surface area contributed by atoms with Crippen LogP contribution in [0.15, 0.2) is 42.5 Å². The van der Waals surface area contributed by atoms with Gasteiger partial charge in [-0.15, -0.1) is 11.8 Å². The number of carbonyl (C=O) groups excluding carboxylic acids is 2. The first-order valence-electron chi connectivity index (χ1n) is 8.66. The molecule has 2 aliphatic rings. The molecule has 0 radical (unpaired) electrons. The summed E-state index contributed by atoms with van der Waals surface area (Å²) < 4.78 is 10.7. The van der Waals surface area contributed by atoms with E-state index in [9.17, 15) is 9.59 Å². The van der Waals surface area contributed by atoms with Crippen LogP contribution in [0, 0.1) is 0 Å². The minimum Gasteiger partial charge on any atom is -0.493 e. The van der Waals surface area contributed by atoms with Gasteiger partial charge >= 0.3 is 0 Å². The standard InChI is InChI=1S/C20H20N2O4S/c1-25-15-9-8-13-16(17(15)26-2)19(24)22-14(11-27-20(13)22)18(23)21-10-12-6-4-3-5-7-12/h3-9,14,20H,10-11H2,1-2H3,(H,21,23)/t14-,20+/m0/s1. The summed E-state index contributed by atoms with van der Waals surface area (Å²) in [4.78, 5) is 27.5. The van der Waals surface area contributed by atoms with Crippen molar-refractivity contribution in [3.05, 3.63) is 59.2 Å². The molecule has 2 atom stereocenters. The second-order valence-electron chi connectivity index (χ2n) is 6.38. The molecule has 0 spiro atoms. The summed E-state index contributed by atoms with van der Waals surface area (Å²) in [5, 5.41) is 2.78. The van der Waals surface area contributed by atoms with Crippen molar-refractivity contribution in [2.45, 2.75) is 18.0 Å². The number of carbonyl (C=O) groups is 2. The minimum absolute atomic E-state index is 0.138. The van der Waals surface area contributed by atoms with Gasteiger partial charge in [-0.1, -0.05) is 36.4 Å². The number of hydrogen-bond acceptors (Lipinski definition) is 5. The molecule has 2 heterocycles.